The van der Waals surface area contributed by atoms with Crippen LogP contribution in [-0.2, 0) is 6.54 Å². The maximum Gasteiger partial charge on any atom is 0.0445 e. The second-order valence-corrected chi connectivity index (χ2v) is 6.03. The number of pyridine rings is 1. The number of nitrogens with one attached hydrogen (secondary N) is 1. The second-order valence-electron chi connectivity index (χ2n) is 6.03. The summed E-state index contributed by atoms with van der Waals surface area (Å²) in [5, 5.41) is 3.53. The van der Waals surface area contributed by atoms with Crippen molar-refractivity contribution in [3.8, 4) is 0 Å². The smallest absolute Gasteiger partial charge is 0.0445 e. The Balaban J connectivity index is 2.08. The molecule has 1 aromatic heterocycles. The van der Waals surface area contributed by atoms with Gasteiger partial charge in [0.1, 0.15) is 0 Å². The molecule has 3 heteroatoms. The van der Waals surface area contributed by atoms with E-state index in [0.717, 1.165) is 18.8 Å². The van der Waals surface area contributed by atoms with Crippen LogP contribution in [0.15, 0.2) is 12.3 Å². The van der Waals surface area contributed by atoms with Crippen molar-refractivity contribution >= 4 is 5.69 Å². The summed E-state index contributed by atoms with van der Waals surface area (Å²) in [6.07, 6.45) is 6.06. The Bertz CT molecular complexity index is 395. The highest BCUT2D eigenvalue weighted by atomic mass is 15.1. The Morgan fingerprint density at radius 3 is 2.68 bits per heavy atom. The minimum atomic E-state index is 0.692. The summed E-state index contributed by atoms with van der Waals surface area (Å²) >= 11 is 0. The van der Waals surface area contributed by atoms with Gasteiger partial charge in [-0.25, -0.2) is 0 Å². The summed E-state index contributed by atoms with van der Waals surface area (Å²) < 4.78 is 0. The van der Waals surface area contributed by atoms with Crippen LogP contribution in [0.5, 0.6) is 0 Å². The van der Waals surface area contributed by atoms with Crippen molar-refractivity contribution < 1.29 is 0 Å². The first kappa shape index (κ1) is 14.3. The van der Waals surface area contributed by atoms with Gasteiger partial charge in [0.25, 0.3) is 0 Å². The molecule has 0 spiro atoms. The van der Waals surface area contributed by atoms with Gasteiger partial charge in [-0.2, -0.15) is 0 Å². The number of anilines is 1. The fraction of sp³-hybridized carbons (Fsp3) is 0.688. The standard InChI is InChI=1S/C16H27N3/c1-13(2)10-17-11-15-12-18-14(3)9-16(15)19-7-5-4-6-8-19/h9,12-13,17H,4-8,10-11H2,1-3H3. The number of piperidine rings is 1. The zero-order chi connectivity index (χ0) is 13.7. The van der Waals surface area contributed by atoms with Crippen LogP contribution in [0.3, 0.4) is 0 Å². The van der Waals surface area contributed by atoms with Gasteiger partial charge in [0.05, 0.1) is 0 Å². The Labute approximate surface area is 117 Å². The molecule has 0 aliphatic carbocycles. The van der Waals surface area contributed by atoms with Crippen molar-refractivity contribution in [3.05, 3.63) is 23.5 Å². The fourth-order valence-electron chi connectivity index (χ4n) is 2.63. The summed E-state index contributed by atoms with van der Waals surface area (Å²) in [6.45, 7) is 10.9. The molecule has 0 bridgehead atoms. The highest BCUT2D eigenvalue weighted by molar-refractivity contribution is 5.53. The van der Waals surface area contributed by atoms with Crippen LogP contribution in [-0.4, -0.2) is 24.6 Å². The molecular formula is C16H27N3. The van der Waals surface area contributed by atoms with Gasteiger partial charge in [0.2, 0.25) is 0 Å². The topological polar surface area (TPSA) is 28.2 Å². The van der Waals surface area contributed by atoms with E-state index in [-0.39, 0.29) is 0 Å². The van der Waals surface area contributed by atoms with E-state index in [1.165, 1.54) is 43.6 Å². The highest BCUT2D eigenvalue weighted by Crippen LogP contribution is 2.24. The van der Waals surface area contributed by atoms with Gasteiger partial charge in [0, 0.05) is 42.8 Å². The molecule has 0 amide bonds. The van der Waals surface area contributed by atoms with E-state index in [1.807, 2.05) is 6.20 Å². The van der Waals surface area contributed by atoms with Crippen LogP contribution in [0.2, 0.25) is 0 Å². The largest absolute Gasteiger partial charge is 0.371 e. The van der Waals surface area contributed by atoms with Crippen LogP contribution in [0, 0.1) is 12.8 Å². The molecule has 0 saturated carbocycles. The molecule has 0 unspecified atom stereocenters. The third-order valence-corrected chi connectivity index (χ3v) is 3.66. The molecule has 0 atom stereocenters. The maximum atomic E-state index is 4.47. The maximum absolute atomic E-state index is 4.47. The Morgan fingerprint density at radius 1 is 1.26 bits per heavy atom. The van der Waals surface area contributed by atoms with Gasteiger partial charge < -0.3 is 10.2 Å². The van der Waals surface area contributed by atoms with Crippen molar-refractivity contribution in [1.29, 1.82) is 0 Å². The molecule has 2 heterocycles. The molecule has 0 radical (unpaired) electrons. The SMILES string of the molecule is Cc1cc(N2CCCCC2)c(CNCC(C)C)cn1. The van der Waals surface area contributed by atoms with Crippen LogP contribution in [0.1, 0.15) is 44.4 Å². The first-order valence-electron chi connectivity index (χ1n) is 7.58. The minimum absolute atomic E-state index is 0.692. The van der Waals surface area contributed by atoms with Crippen molar-refractivity contribution in [2.24, 2.45) is 5.92 Å². The van der Waals surface area contributed by atoms with Crippen molar-refractivity contribution in [2.45, 2.75) is 46.6 Å². The van der Waals surface area contributed by atoms with E-state index in [2.05, 4.69) is 42.0 Å². The molecule has 106 valence electrons. The monoisotopic (exact) mass is 261 g/mol. The van der Waals surface area contributed by atoms with Crippen molar-refractivity contribution in [3.63, 3.8) is 0 Å². The first-order valence-corrected chi connectivity index (χ1v) is 7.58. The molecule has 1 aliphatic rings. The molecule has 1 aliphatic heterocycles. The van der Waals surface area contributed by atoms with Crippen LogP contribution >= 0.6 is 0 Å². The zero-order valence-electron chi connectivity index (χ0n) is 12.6. The van der Waals surface area contributed by atoms with Crippen molar-refractivity contribution in [1.82, 2.24) is 10.3 Å². The molecule has 1 fully saturated rings. The van der Waals surface area contributed by atoms with Crippen LogP contribution < -0.4 is 10.2 Å². The molecule has 2 rings (SSSR count). The summed E-state index contributed by atoms with van der Waals surface area (Å²) in [4.78, 5) is 7.00. The minimum Gasteiger partial charge on any atom is -0.371 e. The van der Waals surface area contributed by atoms with E-state index in [9.17, 15) is 0 Å². The predicted octanol–water partition coefficient (Wildman–Crippen LogP) is 3.13. The molecule has 1 N–H and O–H groups in total. The third-order valence-electron chi connectivity index (χ3n) is 3.66. The Morgan fingerprint density at radius 2 is 2.00 bits per heavy atom. The molecule has 1 saturated heterocycles. The van der Waals surface area contributed by atoms with E-state index < -0.39 is 0 Å². The number of nitrogens with zero attached hydrogens (tertiary/aromatic N) is 2. The van der Waals surface area contributed by atoms with Gasteiger partial charge in [-0.1, -0.05) is 13.8 Å². The zero-order valence-corrected chi connectivity index (χ0v) is 12.6. The number of rotatable bonds is 5. The number of hydrogen-bond acceptors (Lipinski definition) is 3. The quantitative estimate of drug-likeness (QED) is 0.882. The van der Waals surface area contributed by atoms with Gasteiger partial charge in [-0.3, -0.25) is 4.98 Å². The fourth-order valence-corrected chi connectivity index (χ4v) is 2.63. The average molecular weight is 261 g/mol. The summed E-state index contributed by atoms with van der Waals surface area (Å²) in [7, 11) is 0. The summed E-state index contributed by atoms with van der Waals surface area (Å²) in [6, 6.07) is 2.25. The number of hydrogen-bond donors (Lipinski definition) is 1. The highest BCUT2D eigenvalue weighted by Gasteiger charge is 2.15. The lowest BCUT2D eigenvalue weighted by molar-refractivity contribution is 0.547. The van der Waals surface area contributed by atoms with Crippen LogP contribution in [0.4, 0.5) is 5.69 Å². The Hall–Kier alpha value is -1.09. The van der Waals surface area contributed by atoms with Gasteiger partial charge in [-0.05, 0) is 44.7 Å². The van der Waals surface area contributed by atoms with E-state index in [4.69, 9.17) is 0 Å². The first-order chi connectivity index (χ1) is 9.16. The summed E-state index contributed by atoms with van der Waals surface area (Å²) in [5.41, 5.74) is 3.85. The second kappa shape index (κ2) is 6.90. The Kier molecular flexibility index (Phi) is 5.20. The van der Waals surface area contributed by atoms with E-state index in [0.29, 0.717) is 5.92 Å². The lowest BCUT2D eigenvalue weighted by Gasteiger charge is -2.31. The lowest BCUT2D eigenvalue weighted by Crippen LogP contribution is -2.31. The predicted molar refractivity (Wildman–Crippen MR) is 81.6 cm³/mol. The molecule has 0 aromatic carbocycles. The number of aromatic nitrogens is 1. The van der Waals surface area contributed by atoms with Gasteiger partial charge in [-0.15, -0.1) is 0 Å². The van der Waals surface area contributed by atoms with Gasteiger partial charge >= 0.3 is 0 Å². The molecule has 3 nitrogen and oxygen atoms in total. The molecule has 1 aromatic rings. The average Bonchev–Trinajstić information content (AvgIpc) is 2.41. The van der Waals surface area contributed by atoms with Crippen molar-refractivity contribution in [2.75, 3.05) is 24.5 Å². The molecular weight excluding hydrogens is 234 g/mol. The lowest BCUT2D eigenvalue weighted by atomic mass is 10.1. The molecule has 19 heavy (non-hydrogen) atoms. The van der Waals surface area contributed by atoms with Gasteiger partial charge in [0.15, 0.2) is 0 Å². The van der Waals surface area contributed by atoms with Crippen LogP contribution in [0.25, 0.3) is 0 Å². The van der Waals surface area contributed by atoms with E-state index in [1.54, 1.807) is 0 Å². The number of aryl methyl sites for hydroxylation is 1. The summed E-state index contributed by atoms with van der Waals surface area (Å²) in [5.74, 6) is 0.692. The van der Waals surface area contributed by atoms with E-state index >= 15 is 0 Å². The third kappa shape index (κ3) is 4.20. The normalized spacial score (nSPS) is 16.1.